The Balaban J connectivity index is 1.31. The fourth-order valence-electron chi connectivity index (χ4n) is 4.95. The summed E-state index contributed by atoms with van der Waals surface area (Å²) in [5.74, 6) is 0.0389. The van der Waals surface area contributed by atoms with E-state index < -0.39 is 43.2 Å². The number of anilines is 1. The summed E-state index contributed by atoms with van der Waals surface area (Å²) in [5.41, 5.74) is 1.71. The van der Waals surface area contributed by atoms with Crippen molar-refractivity contribution in [3.05, 3.63) is 59.9 Å². The van der Waals surface area contributed by atoms with Gasteiger partial charge in [0.15, 0.2) is 6.29 Å². The third-order valence-electron chi connectivity index (χ3n) is 7.17. The molecule has 210 valence electrons. The number of hydrogen-bond donors (Lipinski definition) is 4. The molecule has 40 heavy (non-hydrogen) atoms. The Bertz CT molecular complexity index is 1420. The molecule has 1 aromatic heterocycles. The first kappa shape index (κ1) is 27.8. The van der Waals surface area contributed by atoms with E-state index in [9.17, 15) is 25.4 Å². The van der Waals surface area contributed by atoms with Crippen LogP contribution in [0, 0.1) is 11.3 Å². The summed E-state index contributed by atoms with van der Waals surface area (Å²) in [6.07, 6.45) is -3.89. The van der Waals surface area contributed by atoms with E-state index in [1.165, 1.54) is 13.2 Å². The van der Waals surface area contributed by atoms with Crippen molar-refractivity contribution >= 4 is 28.4 Å². The summed E-state index contributed by atoms with van der Waals surface area (Å²) < 4.78 is 21.9. The van der Waals surface area contributed by atoms with E-state index in [1.807, 2.05) is 24.3 Å². The van der Waals surface area contributed by atoms with Crippen LogP contribution in [0.2, 0.25) is 0 Å². The van der Waals surface area contributed by atoms with Gasteiger partial charge >= 0.3 is 0 Å². The average molecular weight is 550 g/mol. The highest BCUT2D eigenvalue weighted by Crippen LogP contribution is 2.30. The second kappa shape index (κ2) is 12.2. The van der Waals surface area contributed by atoms with E-state index in [4.69, 9.17) is 18.6 Å². The van der Waals surface area contributed by atoms with Gasteiger partial charge in [-0.25, -0.2) is 0 Å². The van der Waals surface area contributed by atoms with Gasteiger partial charge in [-0.05, 0) is 41.1 Å². The van der Waals surface area contributed by atoms with Crippen molar-refractivity contribution in [3.63, 3.8) is 0 Å². The van der Waals surface area contributed by atoms with Crippen LogP contribution in [0.3, 0.4) is 0 Å². The molecule has 11 nitrogen and oxygen atoms in total. The molecule has 5 atom stereocenters. The number of aliphatic hydroxyl groups is 3. The van der Waals surface area contributed by atoms with Gasteiger partial charge in [-0.2, -0.15) is 5.26 Å². The summed E-state index contributed by atoms with van der Waals surface area (Å²) in [7, 11) is 1.30. The lowest BCUT2D eigenvalue weighted by molar-refractivity contribution is -0.262. The van der Waals surface area contributed by atoms with Crippen LogP contribution < -0.4 is 10.2 Å². The number of furan rings is 1. The maximum Gasteiger partial charge on any atom is 0.262 e. The Hall–Kier alpha value is -3.76. The number of morpholine rings is 1. The maximum absolute atomic E-state index is 12.9. The highest BCUT2D eigenvalue weighted by Gasteiger charge is 2.45. The minimum absolute atomic E-state index is 0.282. The molecule has 3 aromatic rings. The van der Waals surface area contributed by atoms with Crippen molar-refractivity contribution in [1.29, 1.82) is 5.26 Å². The molecule has 11 heteroatoms. The predicted molar refractivity (Wildman–Crippen MR) is 145 cm³/mol. The van der Waals surface area contributed by atoms with Crippen molar-refractivity contribution in [2.24, 2.45) is 0 Å². The van der Waals surface area contributed by atoms with E-state index >= 15 is 0 Å². The third-order valence-corrected chi connectivity index (χ3v) is 7.17. The van der Waals surface area contributed by atoms with E-state index in [-0.39, 0.29) is 11.3 Å². The van der Waals surface area contributed by atoms with Crippen molar-refractivity contribution < 1.29 is 38.7 Å². The van der Waals surface area contributed by atoms with Crippen molar-refractivity contribution in [2.75, 3.05) is 44.9 Å². The van der Waals surface area contributed by atoms with Crippen LogP contribution in [0.25, 0.3) is 28.2 Å². The standard InChI is InChI=1S/C29H31N3O8/c1-37-29-25(27(35)26(34)24(16-33)40-29)31-28(36)20(15-30)14-22-6-7-23(39-22)19-3-2-18-13-21(5-4-17(18)12-19)32-8-10-38-11-9-32/h2-7,12-14,24-27,29,33-35H,8-11,16H2,1H3,(H,31,36)/b20-14+/t24-,25-,26-,27-,29?/m1/s1. The normalized spacial score (nSPS) is 25.5. The highest BCUT2D eigenvalue weighted by atomic mass is 16.7. The van der Waals surface area contributed by atoms with Crippen molar-refractivity contribution in [1.82, 2.24) is 5.32 Å². The molecule has 1 amide bonds. The van der Waals surface area contributed by atoms with Gasteiger partial charge in [-0.15, -0.1) is 0 Å². The molecule has 2 aromatic carbocycles. The molecule has 1 unspecified atom stereocenters. The predicted octanol–water partition coefficient (Wildman–Crippen LogP) is 1.41. The van der Waals surface area contributed by atoms with Gasteiger partial charge in [0.05, 0.1) is 19.8 Å². The second-order valence-electron chi connectivity index (χ2n) is 9.66. The van der Waals surface area contributed by atoms with Gasteiger partial charge in [0.2, 0.25) is 0 Å². The first-order valence-electron chi connectivity index (χ1n) is 13.0. The number of carbonyl (C=O) groups excluding carboxylic acids is 1. The molecule has 5 rings (SSSR count). The molecule has 0 bridgehead atoms. The Morgan fingerprint density at radius 3 is 2.60 bits per heavy atom. The summed E-state index contributed by atoms with van der Waals surface area (Å²) in [6.45, 7) is 2.63. The minimum Gasteiger partial charge on any atom is -0.457 e. The van der Waals surface area contributed by atoms with Gasteiger partial charge in [0, 0.05) is 37.5 Å². The molecule has 0 saturated carbocycles. The van der Waals surface area contributed by atoms with Gasteiger partial charge in [0.25, 0.3) is 5.91 Å². The lowest BCUT2D eigenvalue weighted by Crippen LogP contribution is -2.64. The summed E-state index contributed by atoms with van der Waals surface area (Å²) in [5, 5.41) is 44.2. The lowest BCUT2D eigenvalue weighted by Gasteiger charge is -2.41. The Labute approximate surface area is 230 Å². The van der Waals surface area contributed by atoms with E-state index in [0.717, 1.165) is 48.3 Å². The molecule has 0 radical (unpaired) electrons. The number of fused-ring (bicyclic) bond motifs is 1. The molecule has 0 spiro atoms. The number of methoxy groups -OCH3 is 1. The van der Waals surface area contributed by atoms with E-state index in [0.29, 0.717) is 5.76 Å². The summed E-state index contributed by atoms with van der Waals surface area (Å²) in [6, 6.07) is 16.4. The molecular weight excluding hydrogens is 518 g/mol. The number of aliphatic hydroxyl groups excluding tert-OH is 3. The SMILES string of the molecule is COC1O[C@H](CO)[C@@H](O)[C@H](O)[C@H]1NC(=O)/C(C#N)=C/c1ccc(-c2ccc3cc(N4CCOCC4)ccc3c2)o1. The van der Waals surface area contributed by atoms with Crippen LogP contribution in [0.5, 0.6) is 0 Å². The fourth-order valence-corrected chi connectivity index (χ4v) is 4.95. The zero-order chi connectivity index (χ0) is 28.2. The Kier molecular flexibility index (Phi) is 8.46. The number of benzene rings is 2. The monoisotopic (exact) mass is 549 g/mol. The number of nitrogens with zero attached hydrogens (tertiary/aromatic N) is 2. The van der Waals surface area contributed by atoms with Gasteiger partial charge < -0.3 is 44.2 Å². The first-order chi connectivity index (χ1) is 19.4. The molecule has 2 saturated heterocycles. The number of hydrogen-bond acceptors (Lipinski definition) is 10. The van der Waals surface area contributed by atoms with Crippen molar-refractivity contribution in [3.8, 4) is 17.4 Å². The summed E-state index contributed by atoms with van der Waals surface area (Å²) in [4.78, 5) is 15.2. The molecule has 2 aliphatic heterocycles. The number of nitriles is 1. The molecule has 2 fully saturated rings. The average Bonchev–Trinajstić information content (AvgIpc) is 3.47. The molecule has 3 heterocycles. The fraction of sp³-hybridized carbons (Fsp3) is 0.379. The topological polar surface area (TPSA) is 158 Å². The van der Waals surface area contributed by atoms with Crippen molar-refractivity contribution in [2.45, 2.75) is 30.6 Å². The first-order valence-corrected chi connectivity index (χ1v) is 13.0. The van der Waals surface area contributed by atoms with Crippen LogP contribution in [-0.2, 0) is 19.0 Å². The maximum atomic E-state index is 12.9. The lowest BCUT2D eigenvalue weighted by atomic mass is 9.96. The van der Waals surface area contributed by atoms with Gasteiger partial charge in [-0.1, -0.05) is 18.2 Å². The number of rotatable bonds is 7. The minimum atomic E-state index is -1.49. The third kappa shape index (κ3) is 5.73. The molecule has 4 N–H and O–H groups in total. The largest absolute Gasteiger partial charge is 0.457 e. The molecule has 2 aliphatic rings. The molecular formula is C29H31N3O8. The van der Waals surface area contributed by atoms with E-state index in [2.05, 4.69) is 28.4 Å². The molecule has 0 aliphatic carbocycles. The van der Waals surface area contributed by atoms with E-state index in [1.54, 1.807) is 12.1 Å². The number of nitrogens with one attached hydrogen (secondary N) is 1. The second-order valence-corrected chi connectivity index (χ2v) is 9.66. The number of ether oxygens (including phenoxy) is 3. The van der Waals surface area contributed by atoms with Gasteiger partial charge in [-0.3, -0.25) is 4.79 Å². The Morgan fingerprint density at radius 1 is 1.12 bits per heavy atom. The Morgan fingerprint density at radius 2 is 1.88 bits per heavy atom. The van der Waals surface area contributed by atoms with Gasteiger partial charge in [0.1, 0.15) is 47.5 Å². The quantitative estimate of drug-likeness (QED) is 0.251. The van der Waals surface area contributed by atoms with Crippen LogP contribution in [0.4, 0.5) is 5.69 Å². The highest BCUT2D eigenvalue weighted by molar-refractivity contribution is 6.01. The van der Waals surface area contributed by atoms with Crippen LogP contribution in [0.15, 0.2) is 58.5 Å². The zero-order valence-electron chi connectivity index (χ0n) is 21.9. The number of amides is 1. The van der Waals surface area contributed by atoms with Crippen LogP contribution >= 0.6 is 0 Å². The summed E-state index contributed by atoms with van der Waals surface area (Å²) >= 11 is 0. The van der Waals surface area contributed by atoms with Crippen LogP contribution in [0.1, 0.15) is 5.76 Å². The van der Waals surface area contributed by atoms with Crippen LogP contribution in [-0.4, -0.2) is 91.9 Å². The smallest absolute Gasteiger partial charge is 0.262 e. The number of carbonyl (C=O) groups is 1. The zero-order valence-corrected chi connectivity index (χ0v) is 21.9.